The monoisotopic (exact) mass is 381 g/mol. The Morgan fingerprint density at radius 3 is 3.00 bits per heavy atom. The van der Waals surface area contributed by atoms with Crippen molar-refractivity contribution in [3.63, 3.8) is 0 Å². The Bertz CT molecular complexity index is 473. The number of nitrogens with one attached hydrogen (secondary N) is 2. The van der Waals surface area contributed by atoms with E-state index in [0.717, 1.165) is 24.1 Å². The molecule has 0 spiro atoms. The Morgan fingerprint density at radius 1 is 1.60 bits per heavy atom. The van der Waals surface area contributed by atoms with Crippen LogP contribution >= 0.6 is 39.9 Å². The van der Waals surface area contributed by atoms with E-state index in [1.165, 1.54) is 0 Å². The van der Waals surface area contributed by atoms with Crippen molar-refractivity contribution in [1.82, 2.24) is 10.2 Å². The van der Waals surface area contributed by atoms with Crippen molar-refractivity contribution in [3.05, 3.63) is 27.7 Å². The maximum absolute atomic E-state index is 12.0. The van der Waals surface area contributed by atoms with Crippen molar-refractivity contribution >= 4 is 51.5 Å². The minimum Gasteiger partial charge on any atom is -0.324 e. The number of carbonyl (C=O) groups is 1. The summed E-state index contributed by atoms with van der Waals surface area (Å²) in [4.78, 5) is 14.2. The number of hydrogen-bond acceptors (Lipinski definition) is 3. The molecular weight excluding hydrogens is 365 g/mol. The number of hydrogen-bond donors (Lipinski definition) is 2. The van der Waals surface area contributed by atoms with Crippen molar-refractivity contribution in [3.8, 4) is 0 Å². The van der Waals surface area contributed by atoms with Gasteiger partial charge in [0.2, 0.25) is 5.91 Å². The highest BCUT2D eigenvalue weighted by atomic mass is 79.9. The van der Waals surface area contributed by atoms with Gasteiger partial charge in [-0.05, 0) is 25.1 Å². The Kier molecular flexibility index (Phi) is 7.26. The minimum atomic E-state index is -0.0297. The van der Waals surface area contributed by atoms with E-state index in [4.69, 9.17) is 11.6 Å². The zero-order valence-electron chi connectivity index (χ0n) is 11.2. The molecular formula is C13H18BrCl2N3O. The second-order valence-corrected chi connectivity index (χ2v) is 6.02. The third-order valence-electron chi connectivity index (χ3n) is 3.19. The first-order valence-corrected chi connectivity index (χ1v) is 7.43. The maximum Gasteiger partial charge on any atom is 0.238 e. The number of piperazine rings is 1. The first kappa shape index (κ1) is 17.7. The number of benzene rings is 1. The van der Waals surface area contributed by atoms with Crippen molar-refractivity contribution < 1.29 is 4.79 Å². The standard InChI is InChI=1S/C13H17BrClN3O.ClH/c1-9-7-16-4-5-18(9)8-13(19)17-12-3-2-10(14)6-11(12)15;/h2-3,6,9,16H,4-5,7-8H2,1H3,(H,17,19);1H. The van der Waals surface area contributed by atoms with Crippen molar-refractivity contribution in [2.75, 3.05) is 31.5 Å². The lowest BCUT2D eigenvalue weighted by molar-refractivity contribution is -0.118. The third kappa shape index (κ3) is 4.90. The van der Waals surface area contributed by atoms with E-state index in [1.54, 1.807) is 12.1 Å². The summed E-state index contributed by atoms with van der Waals surface area (Å²) < 4.78 is 0.895. The highest BCUT2D eigenvalue weighted by Gasteiger charge is 2.20. The van der Waals surface area contributed by atoms with Gasteiger partial charge in [-0.3, -0.25) is 9.69 Å². The predicted molar refractivity (Wildman–Crippen MR) is 88.9 cm³/mol. The first-order valence-electron chi connectivity index (χ1n) is 6.26. The van der Waals surface area contributed by atoms with Crippen LogP contribution in [0, 0.1) is 0 Å². The summed E-state index contributed by atoms with van der Waals surface area (Å²) in [6, 6.07) is 5.80. The number of halogens is 3. The van der Waals surface area contributed by atoms with Crippen LogP contribution in [0.4, 0.5) is 5.69 Å². The Labute approximate surface area is 138 Å². The maximum atomic E-state index is 12.0. The van der Waals surface area contributed by atoms with E-state index >= 15 is 0 Å². The lowest BCUT2D eigenvalue weighted by Gasteiger charge is -2.33. The molecule has 1 unspecified atom stereocenters. The number of rotatable bonds is 3. The van der Waals surface area contributed by atoms with Gasteiger partial charge in [0.05, 0.1) is 17.3 Å². The Hall–Kier alpha value is -0.330. The molecule has 112 valence electrons. The molecule has 1 amide bonds. The average Bonchev–Trinajstić information content (AvgIpc) is 2.36. The van der Waals surface area contributed by atoms with E-state index < -0.39 is 0 Å². The van der Waals surface area contributed by atoms with Gasteiger partial charge in [-0.15, -0.1) is 12.4 Å². The molecule has 1 atom stereocenters. The molecule has 1 fully saturated rings. The van der Waals surface area contributed by atoms with Crippen LogP contribution in [0.5, 0.6) is 0 Å². The zero-order valence-corrected chi connectivity index (χ0v) is 14.3. The smallest absolute Gasteiger partial charge is 0.238 e. The van der Waals surface area contributed by atoms with E-state index in [9.17, 15) is 4.79 Å². The quantitative estimate of drug-likeness (QED) is 0.844. The summed E-state index contributed by atoms with van der Waals surface area (Å²) in [6.07, 6.45) is 0. The van der Waals surface area contributed by atoms with Gasteiger partial charge in [-0.25, -0.2) is 0 Å². The lowest BCUT2D eigenvalue weighted by atomic mass is 10.2. The highest BCUT2D eigenvalue weighted by molar-refractivity contribution is 9.10. The second kappa shape index (κ2) is 8.20. The van der Waals surface area contributed by atoms with Gasteiger partial charge in [0.1, 0.15) is 0 Å². The summed E-state index contributed by atoms with van der Waals surface area (Å²) in [5.41, 5.74) is 0.651. The van der Waals surface area contributed by atoms with Gasteiger partial charge < -0.3 is 10.6 Å². The topological polar surface area (TPSA) is 44.4 Å². The summed E-state index contributed by atoms with van der Waals surface area (Å²) in [5.74, 6) is -0.0297. The molecule has 1 saturated heterocycles. The molecule has 1 aliphatic heterocycles. The molecule has 0 bridgehead atoms. The third-order valence-corrected chi connectivity index (χ3v) is 4.00. The van der Waals surface area contributed by atoms with E-state index in [0.29, 0.717) is 23.3 Å². The summed E-state index contributed by atoms with van der Waals surface area (Å²) in [7, 11) is 0. The highest BCUT2D eigenvalue weighted by Crippen LogP contribution is 2.25. The van der Waals surface area contributed by atoms with Gasteiger partial charge in [-0.1, -0.05) is 27.5 Å². The predicted octanol–water partition coefficient (Wildman–Crippen LogP) is 2.76. The van der Waals surface area contributed by atoms with Crippen LogP contribution in [0.2, 0.25) is 5.02 Å². The number of carbonyl (C=O) groups excluding carboxylic acids is 1. The molecule has 1 aliphatic rings. The van der Waals surface area contributed by atoms with Crippen molar-refractivity contribution in [1.29, 1.82) is 0 Å². The molecule has 4 nitrogen and oxygen atoms in total. The largest absolute Gasteiger partial charge is 0.324 e. The summed E-state index contributed by atoms with van der Waals surface area (Å²) >= 11 is 9.41. The number of anilines is 1. The zero-order chi connectivity index (χ0) is 13.8. The molecule has 0 aliphatic carbocycles. The van der Waals surface area contributed by atoms with E-state index in [-0.39, 0.29) is 18.3 Å². The van der Waals surface area contributed by atoms with Gasteiger partial charge in [0.25, 0.3) is 0 Å². The van der Waals surface area contributed by atoms with E-state index in [2.05, 4.69) is 38.4 Å². The normalized spacial score (nSPS) is 19.2. The van der Waals surface area contributed by atoms with Gasteiger partial charge in [0.15, 0.2) is 0 Å². The molecule has 1 aromatic rings. The molecule has 20 heavy (non-hydrogen) atoms. The van der Waals surface area contributed by atoms with Crippen LogP contribution in [0.25, 0.3) is 0 Å². The van der Waals surface area contributed by atoms with Crippen LogP contribution in [-0.2, 0) is 4.79 Å². The summed E-state index contributed by atoms with van der Waals surface area (Å²) in [6.45, 7) is 5.26. The van der Waals surface area contributed by atoms with Crippen molar-refractivity contribution in [2.45, 2.75) is 13.0 Å². The fraction of sp³-hybridized carbons (Fsp3) is 0.462. The van der Waals surface area contributed by atoms with Crippen LogP contribution in [0.15, 0.2) is 22.7 Å². The molecule has 0 aromatic heterocycles. The number of amides is 1. The van der Waals surface area contributed by atoms with Gasteiger partial charge >= 0.3 is 0 Å². The molecule has 1 heterocycles. The van der Waals surface area contributed by atoms with Crippen LogP contribution in [-0.4, -0.2) is 43.0 Å². The van der Waals surface area contributed by atoms with Crippen LogP contribution in [0.1, 0.15) is 6.92 Å². The molecule has 0 saturated carbocycles. The van der Waals surface area contributed by atoms with Crippen LogP contribution in [0.3, 0.4) is 0 Å². The Balaban J connectivity index is 0.00000200. The molecule has 7 heteroatoms. The fourth-order valence-electron chi connectivity index (χ4n) is 2.08. The number of nitrogens with zero attached hydrogens (tertiary/aromatic N) is 1. The molecule has 0 radical (unpaired) electrons. The second-order valence-electron chi connectivity index (χ2n) is 4.70. The van der Waals surface area contributed by atoms with Crippen LogP contribution < -0.4 is 10.6 Å². The molecule has 2 rings (SSSR count). The lowest BCUT2D eigenvalue weighted by Crippen LogP contribution is -2.51. The molecule has 1 aromatic carbocycles. The van der Waals surface area contributed by atoms with E-state index in [1.807, 2.05) is 6.07 Å². The van der Waals surface area contributed by atoms with Crippen molar-refractivity contribution in [2.24, 2.45) is 0 Å². The fourth-order valence-corrected chi connectivity index (χ4v) is 2.80. The minimum absolute atomic E-state index is 0. The van der Waals surface area contributed by atoms with Gasteiger partial charge in [-0.2, -0.15) is 0 Å². The molecule has 2 N–H and O–H groups in total. The average molecular weight is 383 g/mol. The SMILES string of the molecule is CC1CNCCN1CC(=O)Nc1ccc(Br)cc1Cl.Cl. The first-order chi connectivity index (χ1) is 9.06. The Morgan fingerprint density at radius 2 is 2.35 bits per heavy atom. The summed E-state index contributed by atoms with van der Waals surface area (Å²) in [5, 5.41) is 6.69. The van der Waals surface area contributed by atoms with Gasteiger partial charge in [0, 0.05) is 30.1 Å².